The molecule has 0 bridgehead atoms. The van der Waals surface area contributed by atoms with Gasteiger partial charge in [-0.15, -0.1) is 0 Å². The standard InChI is InChI=1S/C18H17N3O3/c1-2-24-17(22)16-10-13(11-19-16)20-18(23)21-15-9-5-7-12-6-3-4-8-14(12)15/h3-11,19H,2H2,1H3,(H2,20,21,23). The molecule has 2 aromatic carbocycles. The summed E-state index contributed by atoms with van der Waals surface area (Å²) in [6, 6.07) is 14.6. The molecular formula is C18H17N3O3. The van der Waals surface area contributed by atoms with Gasteiger partial charge in [-0.3, -0.25) is 0 Å². The van der Waals surface area contributed by atoms with E-state index in [-0.39, 0.29) is 11.7 Å². The summed E-state index contributed by atoms with van der Waals surface area (Å²) in [5.74, 6) is -0.458. The van der Waals surface area contributed by atoms with Crippen molar-refractivity contribution in [1.82, 2.24) is 4.98 Å². The van der Waals surface area contributed by atoms with Crippen LogP contribution in [-0.4, -0.2) is 23.6 Å². The van der Waals surface area contributed by atoms with Crippen molar-refractivity contribution in [3.05, 3.63) is 60.4 Å². The van der Waals surface area contributed by atoms with Crippen molar-refractivity contribution in [2.75, 3.05) is 17.2 Å². The zero-order valence-electron chi connectivity index (χ0n) is 13.1. The third-order valence-electron chi connectivity index (χ3n) is 3.47. The first-order valence-corrected chi connectivity index (χ1v) is 7.58. The number of esters is 1. The maximum absolute atomic E-state index is 12.2. The molecule has 3 aromatic rings. The number of hydrogen-bond acceptors (Lipinski definition) is 3. The molecule has 3 rings (SSSR count). The maximum Gasteiger partial charge on any atom is 0.354 e. The van der Waals surface area contributed by atoms with Crippen LogP contribution >= 0.6 is 0 Å². The Morgan fingerprint density at radius 2 is 1.88 bits per heavy atom. The molecule has 0 fully saturated rings. The molecular weight excluding hydrogens is 306 g/mol. The Balaban J connectivity index is 1.70. The number of fused-ring (bicyclic) bond motifs is 1. The van der Waals surface area contributed by atoms with Gasteiger partial charge in [-0.1, -0.05) is 36.4 Å². The summed E-state index contributed by atoms with van der Waals surface area (Å²) < 4.78 is 4.89. The van der Waals surface area contributed by atoms with E-state index < -0.39 is 5.97 Å². The SMILES string of the molecule is CCOC(=O)c1cc(NC(=O)Nc2cccc3ccccc23)c[nH]1. The zero-order chi connectivity index (χ0) is 16.9. The van der Waals surface area contributed by atoms with Crippen LogP contribution in [0.25, 0.3) is 10.8 Å². The lowest BCUT2D eigenvalue weighted by molar-refractivity contribution is 0.0520. The number of benzene rings is 2. The van der Waals surface area contributed by atoms with Crippen LogP contribution in [0.4, 0.5) is 16.2 Å². The molecule has 0 aliphatic carbocycles. The first-order chi connectivity index (χ1) is 11.7. The molecule has 0 unspecified atom stereocenters. The van der Waals surface area contributed by atoms with Crippen molar-refractivity contribution in [2.45, 2.75) is 6.92 Å². The van der Waals surface area contributed by atoms with Crippen molar-refractivity contribution in [3.63, 3.8) is 0 Å². The van der Waals surface area contributed by atoms with E-state index in [0.29, 0.717) is 18.0 Å². The van der Waals surface area contributed by atoms with Gasteiger partial charge in [-0.2, -0.15) is 0 Å². The Labute approximate surface area is 138 Å². The number of nitrogens with one attached hydrogen (secondary N) is 3. The lowest BCUT2D eigenvalue weighted by Crippen LogP contribution is -2.19. The van der Waals surface area contributed by atoms with Crippen LogP contribution in [0.5, 0.6) is 0 Å². The number of aromatic amines is 1. The van der Waals surface area contributed by atoms with Gasteiger partial charge in [0.05, 0.1) is 18.0 Å². The first kappa shape index (κ1) is 15.6. The molecule has 1 heterocycles. The van der Waals surface area contributed by atoms with Gasteiger partial charge in [0.25, 0.3) is 0 Å². The largest absolute Gasteiger partial charge is 0.461 e. The van der Waals surface area contributed by atoms with E-state index in [0.717, 1.165) is 10.8 Å². The van der Waals surface area contributed by atoms with Gasteiger partial charge in [0, 0.05) is 11.6 Å². The fraction of sp³-hybridized carbons (Fsp3) is 0.111. The molecule has 6 heteroatoms. The summed E-state index contributed by atoms with van der Waals surface area (Å²) >= 11 is 0. The number of anilines is 2. The van der Waals surface area contributed by atoms with E-state index in [1.165, 1.54) is 12.3 Å². The Morgan fingerprint density at radius 1 is 1.08 bits per heavy atom. The van der Waals surface area contributed by atoms with Crippen molar-refractivity contribution in [1.29, 1.82) is 0 Å². The molecule has 122 valence electrons. The van der Waals surface area contributed by atoms with Gasteiger partial charge in [0.2, 0.25) is 0 Å². The minimum Gasteiger partial charge on any atom is -0.461 e. The molecule has 1 aromatic heterocycles. The van der Waals surface area contributed by atoms with E-state index in [4.69, 9.17) is 4.74 Å². The van der Waals surface area contributed by atoms with E-state index >= 15 is 0 Å². The second-order valence-electron chi connectivity index (χ2n) is 5.13. The highest BCUT2D eigenvalue weighted by Crippen LogP contribution is 2.23. The number of H-pyrrole nitrogens is 1. The number of rotatable bonds is 4. The molecule has 3 N–H and O–H groups in total. The summed E-state index contributed by atoms with van der Waals surface area (Å²) in [5.41, 5.74) is 1.49. The predicted octanol–water partition coefficient (Wildman–Crippen LogP) is 3.99. The van der Waals surface area contributed by atoms with Crippen LogP contribution < -0.4 is 10.6 Å². The van der Waals surface area contributed by atoms with Crippen molar-refractivity contribution in [2.24, 2.45) is 0 Å². The molecule has 0 radical (unpaired) electrons. The van der Waals surface area contributed by atoms with Crippen molar-refractivity contribution < 1.29 is 14.3 Å². The second-order valence-corrected chi connectivity index (χ2v) is 5.13. The number of carbonyl (C=O) groups is 2. The van der Waals surface area contributed by atoms with Crippen LogP contribution in [0.3, 0.4) is 0 Å². The van der Waals surface area contributed by atoms with Crippen molar-refractivity contribution in [3.8, 4) is 0 Å². The topological polar surface area (TPSA) is 83.2 Å². The summed E-state index contributed by atoms with van der Waals surface area (Å²) in [5, 5.41) is 7.50. The van der Waals surface area contributed by atoms with Crippen molar-refractivity contribution >= 4 is 34.1 Å². The van der Waals surface area contributed by atoms with E-state index in [1.54, 1.807) is 6.92 Å². The van der Waals surface area contributed by atoms with Gasteiger partial charge in [0.15, 0.2) is 0 Å². The van der Waals surface area contributed by atoms with E-state index in [2.05, 4.69) is 15.6 Å². The Bertz CT molecular complexity index is 881. The highest BCUT2D eigenvalue weighted by Gasteiger charge is 2.11. The maximum atomic E-state index is 12.2. The number of aromatic nitrogens is 1. The lowest BCUT2D eigenvalue weighted by atomic mass is 10.1. The molecule has 0 aliphatic heterocycles. The first-order valence-electron chi connectivity index (χ1n) is 7.58. The smallest absolute Gasteiger partial charge is 0.354 e. The van der Waals surface area contributed by atoms with E-state index in [1.807, 2.05) is 42.5 Å². The quantitative estimate of drug-likeness (QED) is 0.635. The van der Waals surface area contributed by atoms with Crippen LogP contribution in [0.15, 0.2) is 54.7 Å². The monoisotopic (exact) mass is 323 g/mol. The van der Waals surface area contributed by atoms with Gasteiger partial charge in [-0.25, -0.2) is 9.59 Å². The highest BCUT2D eigenvalue weighted by molar-refractivity contribution is 6.06. The molecule has 0 saturated carbocycles. The summed E-state index contributed by atoms with van der Waals surface area (Å²) in [6.07, 6.45) is 1.54. The number of hydrogen-bond donors (Lipinski definition) is 3. The number of ether oxygens (including phenoxy) is 1. The Morgan fingerprint density at radius 3 is 2.71 bits per heavy atom. The summed E-state index contributed by atoms with van der Waals surface area (Å²) in [7, 11) is 0. The fourth-order valence-corrected chi connectivity index (χ4v) is 2.41. The molecule has 0 saturated heterocycles. The van der Waals surface area contributed by atoms with Gasteiger partial charge < -0.3 is 20.4 Å². The average molecular weight is 323 g/mol. The minimum atomic E-state index is -0.458. The molecule has 0 atom stereocenters. The number of urea groups is 1. The lowest BCUT2D eigenvalue weighted by Gasteiger charge is -2.09. The average Bonchev–Trinajstić information content (AvgIpc) is 3.04. The molecule has 0 aliphatic rings. The summed E-state index contributed by atoms with van der Waals surface area (Å²) in [4.78, 5) is 26.5. The van der Waals surface area contributed by atoms with Gasteiger partial charge in [-0.05, 0) is 24.4 Å². The van der Waals surface area contributed by atoms with Gasteiger partial charge in [0.1, 0.15) is 5.69 Å². The fourth-order valence-electron chi connectivity index (χ4n) is 2.41. The third-order valence-corrected chi connectivity index (χ3v) is 3.47. The highest BCUT2D eigenvalue weighted by atomic mass is 16.5. The number of carbonyl (C=O) groups excluding carboxylic acids is 2. The molecule has 0 spiro atoms. The van der Waals surface area contributed by atoms with Gasteiger partial charge >= 0.3 is 12.0 Å². The van der Waals surface area contributed by atoms with Crippen LogP contribution in [-0.2, 0) is 4.74 Å². The molecule has 24 heavy (non-hydrogen) atoms. The Kier molecular flexibility index (Phi) is 4.47. The van der Waals surface area contributed by atoms with Crippen LogP contribution in [0.1, 0.15) is 17.4 Å². The molecule has 2 amide bonds. The summed E-state index contributed by atoms with van der Waals surface area (Å²) in [6.45, 7) is 2.03. The third kappa shape index (κ3) is 3.38. The number of amides is 2. The predicted molar refractivity (Wildman–Crippen MR) is 93.3 cm³/mol. The zero-order valence-corrected chi connectivity index (χ0v) is 13.1. The van der Waals surface area contributed by atoms with Crippen LogP contribution in [0.2, 0.25) is 0 Å². The van der Waals surface area contributed by atoms with E-state index in [9.17, 15) is 9.59 Å². The van der Waals surface area contributed by atoms with Crippen LogP contribution in [0, 0.1) is 0 Å². The normalized spacial score (nSPS) is 10.4. The Hall–Kier alpha value is -3.28. The second kappa shape index (κ2) is 6.87. The minimum absolute atomic E-state index is 0.289. The molecule has 6 nitrogen and oxygen atoms in total.